The number of carbonyl (C=O) groups excluding carboxylic acids is 3. The minimum Gasteiger partial charge on any atom is -0.317 e. The van der Waals surface area contributed by atoms with Crippen LogP contribution in [0.5, 0.6) is 0 Å². The van der Waals surface area contributed by atoms with Crippen molar-refractivity contribution in [2.45, 2.75) is 39.7 Å². The molecule has 1 unspecified atom stereocenters. The van der Waals surface area contributed by atoms with Crippen molar-refractivity contribution < 1.29 is 14.4 Å². The third-order valence-corrected chi connectivity index (χ3v) is 3.46. The normalized spacial score (nSPS) is 18.6. The molecule has 1 aromatic rings. The highest BCUT2D eigenvalue weighted by Crippen LogP contribution is 2.17. The van der Waals surface area contributed by atoms with E-state index in [1.54, 1.807) is 19.9 Å². The van der Waals surface area contributed by atoms with Crippen LogP contribution in [0.3, 0.4) is 0 Å². The molecule has 1 saturated heterocycles. The molecule has 1 atom stereocenters. The van der Waals surface area contributed by atoms with Gasteiger partial charge in [-0.2, -0.15) is 10.2 Å². The summed E-state index contributed by atoms with van der Waals surface area (Å²) in [5.41, 5.74) is 1.60. The van der Waals surface area contributed by atoms with Crippen molar-refractivity contribution in [3.8, 4) is 0 Å². The summed E-state index contributed by atoms with van der Waals surface area (Å²) in [7, 11) is 0. The zero-order chi connectivity index (χ0) is 15.6. The first-order valence-corrected chi connectivity index (χ1v) is 6.95. The van der Waals surface area contributed by atoms with Crippen LogP contribution in [-0.2, 0) is 16.0 Å². The van der Waals surface area contributed by atoms with Gasteiger partial charge in [-0.05, 0) is 25.8 Å². The van der Waals surface area contributed by atoms with Crippen molar-refractivity contribution in [2.24, 2.45) is 0 Å². The standard InChI is InChI=1S/C14H18N4O3/c1-4-10-9(6-8(3)16-17-10)14(21)18-7-12(19)15-13(20)11(18)5-2/h6,11H,4-5,7H2,1-3H3,(H,15,19,20). The molecular formula is C14H18N4O3. The Hall–Kier alpha value is -2.31. The Labute approximate surface area is 122 Å². The molecule has 0 saturated carbocycles. The Bertz CT molecular complexity index is 600. The fourth-order valence-corrected chi connectivity index (χ4v) is 2.40. The largest absolute Gasteiger partial charge is 0.317 e. The number of imide groups is 1. The maximum atomic E-state index is 12.7. The van der Waals surface area contributed by atoms with Crippen LogP contribution < -0.4 is 5.32 Å². The molecule has 0 radical (unpaired) electrons. The molecule has 112 valence electrons. The molecular weight excluding hydrogens is 272 g/mol. The SMILES string of the molecule is CCc1nnc(C)cc1C(=O)N1CC(=O)NC(=O)C1CC. The molecule has 2 heterocycles. The molecule has 7 nitrogen and oxygen atoms in total. The van der Waals surface area contributed by atoms with Gasteiger partial charge in [-0.3, -0.25) is 19.7 Å². The number of piperazine rings is 1. The topological polar surface area (TPSA) is 92.3 Å². The van der Waals surface area contributed by atoms with E-state index in [1.807, 2.05) is 6.92 Å². The number of amides is 3. The Kier molecular flexibility index (Phi) is 4.30. The van der Waals surface area contributed by atoms with Crippen molar-refractivity contribution in [1.29, 1.82) is 0 Å². The van der Waals surface area contributed by atoms with Gasteiger partial charge in [-0.15, -0.1) is 0 Å². The van der Waals surface area contributed by atoms with Crippen molar-refractivity contribution in [1.82, 2.24) is 20.4 Å². The number of hydrogen-bond acceptors (Lipinski definition) is 5. The van der Waals surface area contributed by atoms with Crippen molar-refractivity contribution in [3.63, 3.8) is 0 Å². The molecule has 1 aliphatic rings. The van der Waals surface area contributed by atoms with Crippen LogP contribution >= 0.6 is 0 Å². The van der Waals surface area contributed by atoms with E-state index < -0.39 is 17.9 Å². The molecule has 7 heteroatoms. The number of aromatic nitrogens is 2. The van der Waals surface area contributed by atoms with Crippen molar-refractivity contribution >= 4 is 17.7 Å². The van der Waals surface area contributed by atoms with Crippen LogP contribution in [0.25, 0.3) is 0 Å². The quantitative estimate of drug-likeness (QED) is 0.804. The lowest BCUT2D eigenvalue weighted by Gasteiger charge is -2.33. The lowest BCUT2D eigenvalue weighted by molar-refractivity contribution is -0.138. The number of aryl methyl sites for hydroxylation is 2. The molecule has 1 aromatic heterocycles. The zero-order valence-corrected chi connectivity index (χ0v) is 12.3. The molecule has 0 bridgehead atoms. The Morgan fingerprint density at radius 2 is 2.10 bits per heavy atom. The van der Waals surface area contributed by atoms with Crippen LogP contribution in [0.4, 0.5) is 0 Å². The molecule has 3 amide bonds. The highest BCUT2D eigenvalue weighted by Gasteiger charge is 2.36. The van der Waals surface area contributed by atoms with Gasteiger partial charge in [0.25, 0.3) is 5.91 Å². The minimum atomic E-state index is -0.631. The molecule has 1 N–H and O–H groups in total. The molecule has 1 fully saturated rings. The second-order valence-corrected chi connectivity index (χ2v) is 4.97. The summed E-state index contributed by atoms with van der Waals surface area (Å²) in [6, 6.07) is 1.02. The summed E-state index contributed by atoms with van der Waals surface area (Å²) in [6.45, 7) is 5.31. The summed E-state index contributed by atoms with van der Waals surface area (Å²) in [5.74, 6) is -1.24. The van der Waals surface area contributed by atoms with Crippen LogP contribution in [0.15, 0.2) is 6.07 Å². The second kappa shape index (κ2) is 5.99. The second-order valence-electron chi connectivity index (χ2n) is 4.97. The van der Waals surface area contributed by atoms with Gasteiger partial charge in [0, 0.05) is 0 Å². The first-order chi connectivity index (χ1) is 9.97. The lowest BCUT2D eigenvalue weighted by atomic mass is 10.1. The fraction of sp³-hybridized carbons (Fsp3) is 0.500. The number of nitrogens with zero attached hydrogens (tertiary/aromatic N) is 3. The summed E-state index contributed by atoms with van der Waals surface area (Å²) < 4.78 is 0. The third kappa shape index (κ3) is 2.91. The minimum absolute atomic E-state index is 0.117. The predicted octanol–water partition coefficient (Wildman–Crippen LogP) is 0.225. The van der Waals surface area contributed by atoms with Gasteiger partial charge in [0.05, 0.1) is 17.0 Å². The van der Waals surface area contributed by atoms with Gasteiger partial charge in [0.1, 0.15) is 12.6 Å². The summed E-state index contributed by atoms with van der Waals surface area (Å²) in [6.07, 6.45) is 1.00. The van der Waals surface area contributed by atoms with E-state index >= 15 is 0 Å². The molecule has 2 rings (SSSR count). The van der Waals surface area contributed by atoms with Gasteiger partial charge < -0.3 is 4.90 Å². The highest BCUT2D eigenvalue weighted by atomic mass is 16.2. The van der Waals surface area contributed by atoms with E-state index in [2.05, 4.69) is 15.5 Å². The van der Waals surface area contributed by atoms with Crippen LogP contribution in [0, 0.1) is 6.92 Å². The van der Waals surface area contributed by atoms with E-state index in [0.717, 1.165) is 0 Å². The summed E-state index contributed by atoms with van der Waals surface area (Å²) >= 11 is 0. The average Bonchev–Trinajstić information content (AvgIpc) is 2.45. The van der Waals surface area contributed by atoms with Gasteiger partial charge in [-0.25, -0.2) is 0 Å². The smallest absolute Gasteiger partial charge is 0.256 e. The molecule has 21 heavy (non-hydrogen) atoms. The maximum Gasteiger partial charge on any atom is 0.256 e. The third-order valence-electron chi connectivity index (χ3n) is 3.46. The van der Waals surface area contributed by atoms with E-state index in [9.17, 15) is 14.4 Å². The summed E-state index contributed by atoms with van der Waals surface area (Å²) in [5, 5.41) is 10.2. The van der Waals surface area contributed by atoms with Gasteiger partial charge in [0.15, 0.2) is 0 Å². The Balaban J connectivity index is 2.39. The monoisotopic (exact) mass is 290 g/mol. The average molecular weight is 290 g/mol. The van der Waals surface area contributed by atoms with Crippen LogP contribution in [0.1, 0.15) is 42.0 Å². The van der Waals surface area contributed by atoms with Gasteiger partial charge >= 0.3 is 0 Å². The zero-order valence-electron chi connectivity index (χ0n) is 12.3. The maximum absolute atomic E-state index is 12.7. The van der Waals surface area contributed by atoms with Gasteiger partial charge in [-0.1, -0.05) is 13.8 Å². The molecule has 0 spiro atoms. The lowest BCUT2D eigenvalue weighted by Crippen LogP contribution is -2.59. The first kappa shape index (κ1) is 15.1. The molecule has 1 aliphatic heterocycles. The number of nitrogens with one attached hydrogen (secondary N) is 1. The number of hydrogen-bond donors (Lipinski definition) is 1. The van der Waals surface area contributed by atoms with E-state index in [4.69, 9.17) is 0 Å². The first-order valence-electron chi connectivity index (χ1n) is 6.95. The predicted molar refractivity (Wildman–Crippen MR) is 74.4 cm³/mol. The summed E-state index contributed by atoms with van der Waals surface area (Å²) in [4.78, 5) is 37.4. The Morgan fingerprint density at radius 1 is 1.38 bits per heavy atom. The fourth-order valence-electron chi connectivity index (χ4n) is 2.40. The van der Waals surface area contributed by atoms with Crippen LogP contribution in [-0.4, -0.2) is 45.4 Å². The molecule has 0 aliphatic carbocycles. The number of carbonyl (C=O) groups is 3. The Morgan fingerprint density at radius 3 is 2.71 bits per heavy atom. The molecule has 0 aromatic carbocycles. The number of rotatable bonds is 3. The van der Waals surface area contributed by atoms with E-state index in [-0.39, 0.29) is 12.5 Å². The van der Waals surface area contributed by atoms with Crippen molar-refractivity contribution in [2.75, 3.05) is 6.54 Å². The van der Waals surface area contributed by atoms with Crippen LogP contribution in [0.2, 0.25) is 0 Å². The van der Waals surface area contributed by atoms with E-state index in [0.29, 0.717) is 29.8 Å². The van der Waals surface area contributed by atoms with Gasteiger partial charge in [0.2, 0.25) is 11.8 Å². The highest BCUT2D eigenvalue weighted by molar-refractivity contribution is 6.07. The van der Waals surface area contributed by atoms with E-state index in [1.165, 1.54) is 4.90 Å². The van der Waals surface area contributed by atoms with Crippen molar-refractivity contribution in [3.05, 3.63) is 23.0 Å².